The molecule has 0 atom stereocenters. The molecular formula is C26H26F3N3O2S. The average Bonchev–Trinajstić information content (AvgIpc) is 2.84. The van der Waals surface area contributed by atoms with Gasteiger partial charge in [-0.05, 0) is 73.2 Å². The third kappa shape index (κ3) is 5.63. The number of nitrogens with one attached hydrogen (secondary N) is 1. The lowest BCUT2D eigenvalue weighted by molar-refractivity contribution is -0.186. The molecule has 0 unspecified atom stereocenters. The molecule has 5 nitrogen and oxygen atoms in total. The molecule has 184 valence electrons. The van der Waals surface area contributed by atoms with Crippen molar-refractivity contribution in [2.24, 2.45) is 0 Å². The smallest absolute Gasteiger partial charge is 0.379 e. The lowest BCUT2D eigenvalue weighted by Gasteiger charge is -2.35. The van der Waals surface area contributed by atoms with Crippen molar-refractivity contribution in [2.45, 2.75) is 53.6 Å². The molecule has 0 bridgehead atoms. The van der Waals surface area contributed by atoms with Crippen LogP contribution in [0.4, 0.5) is 19.0 Å². The highest BCUT2D eigenvalue weighted by Gasteiger charge is 2.39. The van der Waals surface area contributed by atoms with Crippen molar-refractivity contribution in [2.75, 3.05) is 18.5 Å². The highest BCUT2D eigenvalue weighted by molar-refractivity contribution is 8.00. The van der Waals surface area contributed by atoms with Crippen molar-refractivity contribution in [3.63, 3.8) is 0 Å². The number of ether oxygens (including phenoxy) is 1. The monoisotopic (exact) mass is 501 g/mol. The van der Waals surface area contributed by atoms with E-state index in [1.165, 1.54) is 11.0 Å². The van der Waals surface area contributed by atoms with E-state index in [0.29, 0.717) is 16.8 Å². The number of nitrogens with zero attached hydrogens (tertiary/aromatic N) is 2. The normalized spacial score (nSPS) is 21.8. The summed E-state index contributed by atoms with van der Waals surface area (Å²) in [6.45, 7) is 0.551. The average molecular weight is 502 g/mol. The molecule has 3 heterocycles. The van der Waals surface area contributed by atoms with Crippen molar-refractivity contribution in [3.8, 4) is 11.1 Å². The maximum atomic E-state index is 12.7. The molecule has 3 aromatic rings. The lowest BCUT2D eigenvalue weighted by Crippen LogP contribution is -2.47. The number of aliphatic hydroxyl groups is 1. The minimum Gasteiger partial charge on any atom is -0.379 e. The lowest BCUT2D eigenvalue weighted by atomic mass is 9.94. The molecule has 1 saturated carbocycles. The van der Waals surface area contributed by atoms with Gasteiger partial charge in [0, 0.05) is 28.6 Å². The molecule has 2 fully saturated rings. The van der Waals surface area contributed by atoms with Crippen LogP contribution < -0.4 is 5.32 Å². The minimum atomic E-state index is -4.37. The highest BCUT2D eigenvalue weighted by atomic mass is 32.2. The van der Waals surface area contributed by atoms with Crippen molar-refractivity contribution in [3.05, 3.63) is 72.2 Å². The third-order valence-electron chi connectivity index (χ3n) is 6.53. The van der Waals surface area contributed by atoms with Crippen LogP contribution in [-0.2, 0) is 16.5 Å². The second kappa shape index (κ2) is 9.79. The number of thioether (sulfide) groups is 1. The Hall–Kier alpha value is -2.62. The fraction of sp³-hybridized carbons (Fsp3) is 0.385. The van der Waals surface area contributed by atoms with E-state index in [1.807, 2.05) is 23.9 Å². The molecule has 1 aliphatic heterocycles. The number of benzene rings is 1. The first-order chi connectivity index (χ1) is 16.8. The molecule has 35 heavy (non-hydrogen) atoms. The number of hydrogen-bond donors (Lipinski definition) is 2. The first-order valence-electron chi connectivity index (χ1n) is 11.6. The summed E-state index contributed by atoms with van der Waals surface area (Å²) in [4.78, 5) is 9.44. The van der Waals surface area contributed by atoms with Gasteiger partial charge in [0.2, 0.25) is 0 Å². The van der Waals surface area contributed by atoms with Crippen LogP contribution in [0.3, 0.4) is 0 Å². The molecule has 2 N–H and O–H groups in total. The van der Waals surface area contributed by atoms with Crippen LogP contribution in [-0.4, -0.2) is 39.6 Å². The summed E-state index contributed by atoms with van der Waals surface area (Å²) in [5.74, 6) is 0.487. The van der Waals surface area contributed by atoms with E-state index in [0.717, 1.165) is 49.1 Å². The van der Waals surface area contributed by atoms with E-state index in [2.05, 4.69) is 39.6 Å². The van der Waals surface area contributed by atoms with E-state index in [1.54, 1.807) is 6.20 Å². The van der Waals surface area contributed by atoms with Gasteiger partial charge in [-0.15, -0.1) is 11.8 Å². The van der Waals surface area contributed by atoms with Gasteiger partial charge in [0.05, 0.1) is 24.5 Å². The van der Waals surface area contributed by atoms with Gasteiger partial charge in [-0.2, -0.15) is 13.2 Å². The van der Waals surface area contributed by atoms with Gasteiger partial charge in [-0.3, -0.25) is 4.98 Å². The van der Waals surface area contributed by atoms with Crippen molar-refractivity contribution in [1.29, 1.82) is 0 Å². The Morgan fingerprint density at radius 2 is 1.69 bits per heavy atom. The standard InChI is InChI=1S/C26H26F3N3O2S/c27-26(28,29)19-3-10-24(31-14-19)32-20-4-8-22(9-5-20)35-21-6-1-17(2-7-21)18-11-12-30-23(13-18)25(33)15-34-16-25/h1-3,6-7,10-14,20,22,33H,4-5,8-9,15-16H2,(H,31,32)/t20-,22-. The van der Waals surface area contributed by atoms with Crippen LogP contribution in [0.2, 0.25) is 0 Å². The Labute approximate surface area is 206 Å². The van der Waals surface area contributed by atoms with E-state index in [4.69, 9.17) is 4.74 Å². The van der Waals surface area contributed by atoms with Crippen LogP contribution >= 0.6 is 11.8 Å². The van der Waals surface area contributed by atoms with Crippen LogP contribution in [0.5, 0.6) is 0 Å². The molecule has 2 aromatic heterocycles. The van der Waals surface area contributed by atoms with Gasteiger partial charge in [0.15, 0.2) is 5.60 Å². The Morgan fingerprint density at radius 1 is 0.943 bits per heavy atom. The molecule has 2 aliphatic rings. The number of anilines is 1. The first-order valence-corrected chi connectivity index (χ1v) is 12.5. The predicted octanol–water partition coefficient (Wildman–Crippen LogP) is 5.90. The van der Waals surface area contributed by atoms with Crippen LogP contribution in [0, 0.1) is 0 Å². The maximum Gasteiger partial charge on any atom is 0.417 e. The first kappa shape index (κ1) is 24.1. The number of hydrogen-bond acceptors (Lipinski definition) is 6. The molecule has 1 saturated heterocycles. The van der Waals surface area contributed by atoms with Crippen LogP contribution in [0.1, 0.15) is 36.9 Å². The second-order valence-corrected chi connectivity index (χ2v) is 10.5. The van der Waals surface area contributed by atoms with E-state index in [9.17, 15) is 18.3 Å². The van der Waals surface area contributed by atoms with Crippen molar-refractivity contribution < 1.29 is 23.0 Å². The summed E-state index contributed by atoms with van der Waals surface area (Å²) in [6, 6.07) is 15.0. The van der Waals surface area contributed by atoms with E-state index in [-0.39, 0.29) is 19.3 Å². The van der Waals surface area contributed by atoms with Crippen molar-refractivity contribution >= 4 is 17.6 Å². The topological polar surface area (TPSA) is 67.3 Å². The zero-order chi connectivity index (χ0) is 24.5. The van der Waals surface area contributed by atoms with Gasteiger partial charge < -0.3 is 15.2 Å². The number of halogens is 3. The summed E-state index contributed by atoms with van der Waals surface area (Å²) in [5.41, 5.74) is 0.997. The van der Waals surface area contributed by atoms with Crippen LogP contribution in [0.15, 0.2) is 65.8 Å². The molecule has 1 aromatic carbocycles. The zero-order valence-electron chi connectivity index (χ0n) is 19.0. The fourth-order valence-corrected chi connectivity index (χ4v) is 5.59. The van der Waals surface area contributed by atoms with Crippen LogP contribution in [0.25, 0.3) is 11.1 Å². The summed E-state index contributed by atoms with van der Waals surface area (Å²) in [7, 11) is 0. The number of alkyl halides is 3. The van der Waals surface area contributed by atoms with Gasteiger partial charge in [0.1, 0.15) is 5.82 Å². The number of pyridine rings is 2. The van der Waals surface area contributed by atoms with Gasteiger partial charge >= 0.3 is 6.18 Å². The molecule has 0 radical (unpaired) electrons. The molecule has 0 amide bonds. The maximum absolute atomic E-state index is 12.7. The molecule has 0 spiro atoms. The largest absolute Gasteiger partial charge is 0.417 e. The molecule has 1 aliphatic carbocycles. The number of aromatic nitrogens is 2. The molecular weight excluding hydrogens is 475 g/mol. The Bertz CT molecular complexity index is 1140. The summed E-state index contributed by atoms with van der Waals surface area (Å²) < 4.78 is 43.3. The highest BCUT2D eigenvalue weighted by Crippen LogP contribution is 2.36. The minimum absolute atomic E-state index is 0.218. The third-order valence-corrected chi connectivity index (χ3v) is 7.87. The van der Waals surface area contributed by atoms with Gasteiger partial charge in [0.25, 0.3) is 0 Å². The SMILES string of the molecule is OC1(c2cc(-c3ccc(S[C@H]4CC[C@H](Nc5ccc(C(F)(F)F)cn5)CC4)cc3)ccn2)COC1. The molecule has 9 heteroatoms. The van der Waals surface area contributed by atoms with Gasteiger partial charge in [-0.1, -0.05) is 12.1 Å². The second-order valence-electron chi connectivity index (χ2n) is 9.14. The summed E-state index contributed by atoms with van der Waals surface area (Å²) in [6.07, 6.45) is 2.18. The summed E-state index contributed by atoms with van der Waals surface area (Å²) >= 11 is 1.86. The van der Waals surface area contributed by atoms with Crippen molar-refractivity contribution in [1.82, 2.24) is 9.97 Å². The zero-order valence-corrected chi connectivity index (χ0v) is 19.8. The summed E-state index contributed by atoms with van der Waals surface area (Å²) in [5, 5.41) is 14.3. The Morgan fingerprint density at radius 3 is 2.29 bits per heavy atom. The number of rotatable bonds is 6. The van der Waals surface area contributed by atoms with E-state index >= 15 is 0 Å². The Kier molecular flexibility index (Phi) is 6.74. The van der Waals surface area contributed by atoms with Gasteiger partial charge in [-0.25, -0.2) is 4.98 Å². The quantitative estimate of drug-likeness (QED) is 0.439. The Balaban J connectivity index is 1.13. The van der Waals surface area contributed by atoms with E-state index < -0.39 is 17.3 Å². The molecule has 5 rings (SSSR count). The predicted molar refractivity (Wildman–Crippen MR) is 129 cm³/mol. The fourth-order valence-electron chi connectivity index (χ4n) is 4.41.